The van der Waals surface area contributed by atoms with Gasteiger partial charge in [0.05, 0.1) is 0 Å². The van der Waals surface area contributed by atoms with E-state index in [-0.39, 0.29) is 18.0 Å². The highest BCUT2D eigenvalue weighted by atomic mass is 35.5. The maximum Gasteiger partial charge on any atom is 0.422 e. The van der Waals surface area contributed by atoms with E-state index in [4.69, 9.17) is 23.2 Å². The molecule has 2 aromatic rings. The molecular formula is C15H11Cl2F3N2O2. The van der Waals surface area contributed by atoms with Crippen LogP contribution < -0.4 is 10.1 Å². The quantitative estimate of drug-likeness (QED) is 0.845. The first-order valence-corrected chi connectivity index (χ1v) is 7.38. The third-order valence-electron chi connectivity index (χ3n) is 2.84. The lowest BCUT2D eigenvalue weighted by atomic mass is 10.2. The summed E-state index contributed by atoms with van der Waals surface area (Å²) in [4.78, 5) is 15.7. The Morgan fingerprint density at radius 2 is 1.96 bits per heavy atom. The van der Waals surface area contributed by atoms with Crippen LogP contribution >= 0.6 is 23.2 Å². The molecule has 4 nitrogen and oxygen atoms in total. The number of alkyl halides is 3. The number of aromatic nitrogens is 1. The number of carbonyl (C=O) groups is 1. The number of halogens is 5. The Balaban J connectivity index is 1.99. The maximum absolute atomic E-state index is 12.1. The van der Waals surface area contributed by atoms with Crippen molar-refractivity contribution in [3.63, 3.8) is 0 Å². The fourth-order valence-electron chi connectivity index (χ4n) is 1.73. The Kier molecular flexibility index (Phi) is 5.90. The van der Waals surface area contributed by atoms with E-state index in [2.05, 4.69) is 15.0 Å². The van der Waals surface area contributed by atoms with Gasteiger partial charge in [-0.25, -0.2) is 4.98 Å². The zero-order valence-corrected chi connectivity index (χ0v) is 13.5. The summed E-state index contributed by atoms with van der Waals surface area (Å²) < 4.78 is 40.9. The van der Waals surface area contributed by atoms with Gasteiger partial charge in [-0.2, -0.15) is 13.2 Å². The number of ether oxygens (including phenoxy) is 1. The molecule has 0 bridgehead atoms. The van der Waals surface area contributed by atoms with Crippen LogP contribution in [0.4, 0.5) is 13.2 Å². The number of nitrogens with one attached hydrogen (secondary N) is 1. The lowest BCUT2D eigenvalue weighted by molar-refractivity contribution is -0.154. The summed E-state index contributed by atoms with van der Waals surface area (Å²) in [7, 11) is 0. The molecule has 0 aliphatic heterocycles. The summed E-state index contributed by atoms with van der Waals surface area (Å²) in [6.07, 6.45) is -3.29. The Labute approximate surface area is 145 Å². The molecular weight excluding hydrogens is 368 g/mol. The predicted molar refractivity (Wildman–Crippen MR) is 83.4 cm³/mol. The average Bonchev–Trinajstić information content (AvgIpc) is 2.51. The van der Waals surface area contributed by atoms with Gasteiger partial charge < -0.3 is 10.1 Å². The van der Waals surface area contributed by atoms with Crippen molar-refractivity contribution in [3.05, 3.63) is 57.7 Å². The highest BCUT2D eigenvalue weighted by Gasteiger charge is 2.28. The molecule has 0 fully saturated rings. The molecule has 1 aromatic heterocycles. The number of rotatable bonds is 5. The molecule has 24 heavy (non-hydrogen) atoms. The van der Waals surface area contributed by atoms with E-state index in [0.717, 1.165) is 6.07 Å². The van der Waals surface area contributed by atoms with Gasteiger partial charge in [-0.3, -0.25) is 4.79 Å². The van der Waals surface area contributed by atoms with Crippen molar-refractivity contribution in [2.75, 3.05) is 6.61 Å². The zero-order chi connectivity index (χ0) is 17.7. The van der Waals surface area contributed by atoms with E-state index in [1.54, 1.807) is 18.2 Å². The molecule has 1 amide bonds. The Bertz CT molecular complexity index is 739. The first kappa shape index (κ1) is 18.4. The summed E-state index contributed by atoms with van der Waals surface area (Å²) in [5.74, 6) is -0.787. The molecule has 128 valence electrons. The second-order valence-electron chi connectivity index (χ2n) is 4.71. The Hall–Kier alpha value is -1.99. The smallest absolute Gasteiger partial charge is 0.422 e. The van der Waals surface area contributed by atoms with Gasteiger partial charge >= 0.3 is 6.18 Å². The zero-order valence-electron chi connectivity index (χ0n) is 12.0. The van der Waals surface area contributed by atoms with E-state index in [1.807, 2.05) is 0 Å². The van der Waals surface area contributed by atoms with E-state index in [9.17, 15) is 18.0 Å². The molecule has 0 atom stereocenters. The van der Waals surface area contributed by atoms with Crippen LogP contribution in [-0.2, 0) is 6.54 Å². The number of carbonyl (C=O) groups excluding carboxylic acids is 1. The topological polar surface area (TPSA) is 51.2 Å². The molecule has 2 rings (SSSR count). The van der Waals surface area contributed by atoms with Gasteiger partial charge in [-0.1, -0.05) is 29.3 Å². The fraction of sp³-hybridized carbons (Fsp3) is 0.200. The third kappa shape index (κ3) is 5.58. The van der Waals surface area contributed by atoms with E-state index in [0.29, 0.717) is 15.6 Å². The minimum absolute atomic E-state index is 0.118. The van der Waals surface area contributed by atoms with Crippen LogP contribution in [0.15, 0.2) is 36.5 Å². The number of nitrogens with zero attached hydrogens (tertiary/aromatic N) is 1. The molecule has 1 heterocycles. The number of hydrogen-bond acceptors (Lipinski definition) is 3. The van der Waals surface area contributed by atoms with Crippen molar-refractivity contribution in [1.29, 1.82) is 0 Å². The fourth-order valence-corrected chi connectivity index (χ4v) is 2.20. The molecule has 9 heteroatoms. The van der Waals surface area contributed by atoms with Crippen LogP contribution in [0.25, 0.3) is 0 Å². The Morgan fingerprint density at radius 1 is 1.21 bits per heavy atom. The molecule has 1 N–H and O–H groups in total. The average molecular weight is 379 g/mol. The summed E-state index contributed by atoms with van der Waals surface area (Å²) in [6.45, 7) is -1.35. The number of amides is 1. The summed E-state index contributed by atoms with van der Waals surface area (Å²) in [6, 6.07) is 7.32. The van der Waals surface area contributed by atoms with Gasteiger partial charge in [0.2, 0.25) is 5.88 Å². The second-order valence-corrected chi connectivity index (χ2v) is 5.55. The first-order chi connectivity index (χ1) is 11.2. The molecule has 0 radical (unpaired) electrons. The van der Waals surface area contributed by atoms with E-state index in [1.165, 1.54) is 12.3 Å². The van der Waals surface area contributed by atoms with Gasteiger partial charge in [0.25, 0.3) is 5.91 Å². The molecule has 1 aromatic carbocycles. The minimum Gasteiger partial charge on any atom is -0.468 e. The van der Waals surface area contributed by atoms with Gasteiger partial charge in [-0.05, 0) is 23.8 Å². The lowest BCUT2D eigenvalue weighted by Gasteiger charge is -2.10. The molecule has 0 aliphatic carbocycles. The van der Waals surface area contributed by atoms with Gasteiger partial charge in [0, 0.05) is 34.4 Å². The molecule has 0 aliphatic rings. The van der Waals surface area contributed by atoms with Gasteiger partial charge in [0.1, 0.15) is 0 Å². The summed E-state index contributed by atoms with van der Waals surface area (Å²) >= 11 is 11.8. The number of hydrogen-bond donors (Lipinski definition) is 1. The minimum atomic E-state index is -4.48. The second kappa shape index (κ2) is 7.72. The first-order valence-electron chi connectivity index (χ1n) is 6.62. The van der Waals surface area contributed by atoms with Crippen molar-refractivity contribution >= 4 is 29.1 Å². The highest BCUT2D eigenvalue weighted by molar-refractivity contribution is 6.35. The predicted octanol–water partition coefficient (Wildman–Crippen LogP) is 4.26. The van der Waals surface area contributed by atoms with Crippen molar-refractivity contribution < 1.29 is 22.7 Å². The van der Waals surface area contributed by atoms with Gasteiger partial charge in [0.15, 0.2) is 6.61 Å². The van der Waals surface area contributed by atoms with Crippen molar-refractivity contribution in [2.45, 2.75) is 12.7 Å². The largest absolute Gasteiger partial charge is 0.468 e. The van der Waals surface area contributed by atoms with Crippen molar-refractivity contribution in [1.82, 2.24) is 10.3 Å². The lowest BCUT2D eigenvalue weighted by Crippen LogP contribution is -2.23. The molecule has 0 unspecified atom stereocenters. The monoisotopic (exact) mass is 378 g/mol. The van der Waals surface area contributed by atoms with Crippen LogP contribution in [-0.4, -0.2) is 23.7 Å². The molecule has 0 saturated carbocycles. The number of benzene rings is 1. The number of pyridine rings is 1. The Morgan fingerprint density at radius 3 is 2.62 bits per heavy atom. The van der Waals surface area contributed by atoms with Crippen LogP contribution in [0.3, 0.4) is 0 Å². The van der Waals surface area contributed by atoms with E-state index < -0.39 is 18.7 Å². The van der Waals surface area contributed by atoms with Crippen LogP contribution in [0.1, 0.15) is 15.9 Å². The van der Waals surface area contributed by atoms with Crippen molar-refractivity contribution in [3.8, 4) is 5.88 Å². The van der Waals surface area contributed by atoms with Crippen LogP contribution in [0.5, 0.6) is 5.88 Å². The van der Waals surface area contributed by atoms with E-state index >= 15 is 0 Å². The molecule has 0 spiro atoms. The summed E-state index contributed by atoms with van der Waals surface area (Å²) in [5.41, 5.74) is 0.768. The highest BCUT2D eigenvalue weighted by Crippen LogP contribution is 2.21. The maximum atomic E-state index is 12.1. The molecule has 0 saturated heterocycles. The van der Waals surface area contributed by atoms with Crippen molar-refractivity contribution in [2.24, 2.45) is 0 Å². The van der Waals surface area contributed by atoms with Crippen LogP contribution in [0, 0.1) is 0 Å². The van der Waals surface area contributed by atoms with Crippen LogP contribution in [0.2, 0.25) is 10.0 Å². The van der Waals surface area contributed by atoms with Gasteiger partial charge in [-0.15, -0.1) is 0 Å². The SMILES string of the molecule is O=C(NCc1ccc(Cl)cc1Cl)c1ccnc(OCC(F)(F)F)c1. The third-order valence-corrected chi connectivity index (χ3v) is 3.42. The summed E-state index contributed by atoms with van der Waals surface area (Å²) in [5, 5.41) is 3.47. The standard InChI is InChI=1S/C15H11Cl2F3N2O2/c16-11-2-1-10(12(17)6-11)7-22-14(23)9-3-4-21-13(5-9)24-8-15(18,19)20/h1-6H,7-8H2,(H,22,23). The normalized spacial score (nSPS) is 11.2.